The lowest BCUT2D eigenvalue weighted by atomic mass is 9.75. The maximum Gasteiger partial charge on any atom is 0.341 e. The smallest absolute Gasteiger partial charge is 0.341 e. The lowest BCUT2D eigenvalue weighted by Gasteiger charge is -2.40. The van der Waals surface area contributed by atoms with E-state index in [4.69, 9.17) is 23.7 Å². The molecule has 6 aliphatic rings. The Kier molecular flexibility index (Phi) is 9.69. The average Bonchev–Trinajstić information content (AvgIpc) is 3.58. The van der Waals surface area contributed by atoms with E-state index in [1.807, 2.05) is 13.8 Å². The molecule has 2 aliphatic heterocycles. The van der Waals surface area contributed by atoms with Crippen LogP contribution in [0.25, 0.3) is 0 Å². The standard InChI is InChI=1S/C19H24O9.C18H26O7/c1-8-12(22)6-11-14(8)15-19(25,18(5,24)16(23)27-15)13(26-9(2)20)7-17(11,4)28-10(3)21;1-8-6-11-13(9(8)2)14-18(23,17(5,22)15(21)24-14)12(20)7-16(11,4)25-10(3)19/h11,13,15,24-25H,6-7H2,1-5H3;8,11-12,14,20,22-23H,6-7H2,1-5H3/t11-,13-,15-,17-,18+,19+;8-,11+,12+,14+,16+,17-,18-/m01/s1. The van der Waals surface area contributed by atoms with Gasteiger partial charge in [-0.05, 0) is 70.6 Å². The molecule has 0 aromatic carbocycles. The number of allylic oxidation sites excluding steroid dienone is 2. The summed E-state index contributed by atoms with van der Waals surface area (Å²) >= 11 is 0. The van der Waals surface area contributed by atoms with Crippen LogP contribution < -0.4 is 0 Å². The fraction of sp³-hybridized carbons (Fsp3) is 0.730. The Hall–Kier alpha value is -3.70. The van der Waals surface area contributed by atoms with Crippen LogP contribution in [0.3, 0.4) is 0 Å². The normalized spacial score (nSPS) is 45.7. The summed E-state index contributed by atoms with van der Waals surface area (Å²) in [6.45, 7) is 14.5. The van der Waals surface area contributed by atoms with Gasteiger partial charge in [0.25, 0.3) is 0 Å². The monoisotopic (exact) mass is 750 g/mol. The van der Waals surface area contributed by atoms with Crippen molar-refractivity contribution >= 4 is 35.6 Å². The number of esters is 5. The van der Waals surface area contributed by atoms with Crippen molar-refractivity contribution in [1.29, 1.82) is 0 Å². The molecule has 6 rings (SSSR count). The topological polar surface area (TPSA) is 250 Å². The molecule has 0 radical (unpaired) electrons. The number of Topliss-reactive ketones (excluding diaryl/α,β-unsaturated/α-hetero) is 1. The first-order chi connectivity index (χ1) is 24.1. The third-order valence-corrected chi connectivity index (χ3v) is 12.7. The van der Waals surface area contributed by atoms with Gasteiger partial charge in [-0.15, -0.1) is 0 Å². The molecular formula is C37H50O16. The van der Waals surface area contributed by atoms with Crippen LogP contribution in [0.4, 0.5) is 0 Å². The van der Waals surface area contributed by atoms with E-state index in [1.54, 1.807) is 13.8 Å². The molecule has 2 saturated carbocycles. The Bertz CT molecular complexity index is 1720. The predicted octanol–water partition coefficient (Wildman–Crippen LogP) is 0.409. The van der Waals surface area contributed by atoms with E-state index >= 15 is 0 Å². The van der Waals surface area contributed by atoms with Crippen LogP contribution in [0, 0.1) is 17.8 Å². The molecule has 0 aromatic rings. The fourth-order valence-electron chi connectivity index (χ4n) is 9.58. The van der Waals surface area contributed by atoms with Crippen LogP contribution in [-0.2, 0) is 52.5 Å². The fourth-order valence-corrected chi connectivity index (χ4v) is 9.58. The van der Waals surface area contributed by atoms with Crippen LogP contribution in [0.5, 0.6) is 0 Å². The van der Waals surface area contributed by atoms with Crippen molar-refractivity contribution in [2.75, 3.05) is 0 Å². The molecule has 294 valence electrons. The number of ketones is 1. The van der Waals surface area contributed by atoms with Gasteiger partial charge in [-0.1, -0.05) is 12.5 Å². The first-order valence-corrected chi connectivity index (χ1v) is 17.6. The number of ether oxygens (including phenoxy) is 5. The van der Waals surface area contributed by atoms with Gasteiger partial charge in [0.15, 0.2) is 40.4 Å². The molecule has 2 saturated heterocycles. The minimum Gasteiger partial charge on any atom is -0.459 e. The maximum atomic E-state index is 12.5. The van der Waals surface area contributed by atoms with Crippen molar-refractivity contribution in [3.05, 3.63) is 22.3 Å². The number of aliphatic hydroxyl groups excluding tert-OH is 1. The lowest BCUT2D eigenvalue weighted by Crippen LogP contribution is -2.64. The summed E-state index contributed by atoms with van der Waals surface area (Å²) in [6, 6.07) is 0. The van der Waals surface area contributed by atoms with Gasteiger partial charge >= 0.3 is 29.8 Å². The summed E-state index contributed by atoms with van der Waals surface area (Å²) < 4.78 is 27.1. The second-order valence-electron chi connectivity index (χ2n) is 16.3. The van der Waals surface area contributed by atoms with Gasteiger partial charge in [-0.25, -0.2) is 9.59 Å². The highest BCUT2D eigenvalue weighted by molar-refractivity contribution is 6.00. The van der Waals surface area contributed by atoms with Crippen molar-refractivity contribution in [3.63, 3.8) is 0 Å². The molecule has 0 aromatic heterocycles. The van der Waals surface area contributed by atoms with Crippen LogP contribution in [0.15, 0.2) is 22.3 Å². The second-order valence-corrected chi connectivity index (χ2v) is 16.3. The summed E-state index contributed by atoms with van der Waals surface area (Å²) in [5.74, 6) is -5.05. The molecule has 0 unspecified atom stereocenters. The van der Waals surface area contributed by atoms with E-state index in [2.05, 4.69) is 0 Å². The summed E-state index contributed by atoms with van der Waals surface area (Å²) in [6.07, 6.45) is -5.26. The van der Waals surface area contributed by atoms with Gasteiger partial charge in [0.1, 0.15) is 17.3 Å². The molecule has 2 heterocycles. The number of aliphatic hydroxyl groups is 5. The van der Waals surface area contributed by atoms with Crippen molar-refractivity contribution in [2.45, 2.75) is 153 Å². The zero-order chi connectivity index (χ0) is 40.2. The minimum atomic E-state index is -2.41. The molecule has 4 aliphatic carbocycles. The zero-order valence-corrected chi connectivity index (χ0v) is 31.6. The number of carbonyl (C=O) groups is 6. The molecule has 53 heavy (non-hydrogen) atoms. The van der Waals surface area contributed by atoms with E-state index in [-0.39, 0.29) is 48.0 Å². The zero-order valence-electron chi connectivity index (χ0n) is 31.6. The van der Waals surface area contributed by atoms with Gasteiger partial charge < -0.3 is 49.2 Å². The number of carbonyl (C=O) groups excluding carboxylic acids is 6. The first-order valence-electron chi connectivity index (χ1n) is 17.6. The van der Waals surface area contributed by atoms with Crippen LogP contribution >= 0.6 is 0 Å². The van der Waals surface area contributed by atoms with E-state index in [0.717, 1.165) is 26.3 Å². The summed E-state index contributed by atoms with van der Waals surface area (Å²) in [7, 11) is 0. The van der Waals surface area contributed by atoms with Crippen molar-refractivity contribution in [1.82, 2.24) is 0 Å². The summed E-state index contributed by atoms with van der Waals surface area (Å²) in [4.78, 5) is 72.2. The van der Waals surface area contributed by atoms with E-state index < -0.39 is 93.8 Å². The lowest BCUT2D eigenvalue weighted by molar-refractivity contribution is -0.209. The first kappa shape index (κ1) is 40.5. The highest BCUT2D eigenvalue weighted by Crippen LogP contribution is 2.58. The number of fused-ring (bicyclic) bond motifs is 6. The predicted molar refractivity (Wildman–Crippen MR) is 178 cm³/mol. The van der Waals surface area contributed by atoms with Crippen molar-refractivity contribution < 1.29 is 78.0 Å². The third-order valence-electron chi connectivity index (χ3n) is 12.7. The van der Waals surface area contributed by atoms with E-state index in [0.29, 0.717) is 12.0 Å². The third kappa shape index (κ3) is 5.74. The Morgan fingerprint density at radius 1 is 0.717 bits per heavy atom. The maximum absolute atomic E-state index is 12.5. The van der Waals surface area contributed by atoms with Crippen molar-refractivity contribution in [2.24, 2.45) is 17.8 Å². The Labute approximate surface area is 306 Å². The SMILES string of the molecule is CC(=O)O[C@@]1(C)C[C@H](O)[C@@]2(O)[C@@H](OC(=O)[C@@]2(C)O)C2=C(C)[C@H](C)C[C@@H]21.CC(=O)O[C@H]1C[C@](C)(OC(C)=O)[C@H]2CC(=O)C(C)=C2[C@@H]2OC(=O)[C@@](C)(O)[C@@]12O. The molecule has 0 amide bonds. The highest BCUT2D eigenvalue weighted by atomic mass is 16.6. The van der Waals surface area contributed by atoms with Gasteiger partial charge in [0, 0.05) is 51.9 Å². The summed E-state index contributed by atoms with van der Waals surface area (Å²) in [5, 5.41) is 55.0. The number of hydrogen-bond donors (Lipinski definition) is 5. The van der Waals surface area contributed by atoms with Crippen LogP contribution in [0.2, 0.25) is 0 Å². The van der Waals surface area contributed by atoms with Gasteiger partial charge in [-0.2, -0.15) is 0 Å². The molecular weight excluding hydrogens is 700 g/mol. The molecule has 0 spiro atoms. The van der Waals surface area contributed by atoms with E-state index in [1.165, 1.54) is 20.8 Å². The Morgan fingerprint density at radius 2 is 1.19 bits per heavy atom. The highest BCUT2D eigenvalue weighted by Gasteiger charge is 2.75. The minimum absolute atomic E-state index is 0.0238. The number of hydrogen-bond acceptors (Lipinski definition) is 16. The second kappa shape index (κ2) is 12.7. The van der Waals surface area contributed by atoms with Gasteiger partial charge in [0.05, 0.1) is 6.10 Å². The Morgan fingerprint density at radius 3 is 1.68 bits per heavy atom. The van der Waals surface area contributed by atoms with Gasteiger partial charge in [0.2, 0.25) is 0 Å². The number of rotatable bonds is 3. The summed E-state index contributed by atoms with van der Waals surface area (Å²) in [5.41, 5.74) is -9.56. The molecule has 13 atom stereocenters. The molecule has 16 heteroatoms. The molecule has 16 nitrogen and oxygen atoms in total. The molecule has 0 bridgehead atoms. The molecule has 4 fully saturated rings. The van der Waals surface area contributed by atoms with Gasteiger partial charge in [-0.3, -0.25) is 19.2 Å². The quantitative estimate of drug-likeness (QED) is 0.149. The van der Waals surface area contributed by atoms with E-state index in [9.17, 15) is 54.3 Å². The average molecular weight is 751 g/mol. The molecule has 5 N–H and O–H groups in total. The Balaban J connectivity index is 0.000000206. The largest absolute Gasteiger partial charge is 0.459 e. The van der Waals surface area contributed by atoms with Crippen LogP contribution in [-0.4, -0.2) is 119 Å². The van der Waals surface area contributed by atoms with Crippen molar-refractivity contribution in [3.8, 4) is 0 Å². The van der Waals surface area contributed by atoms with Crippen LogP contribution in [0.1, 0.15) is 94.9 Å².